The third-order valence-corrected chi connectivity index (χ3v) is 3.30. The second kappa shape index (κ2) is 5.72. The molecule has 0 spiro atoms. The van der Waals surface area contributed by atoms with Crippen molar-refractivity contribution < 1.29 is 0 Å². The zero-order valence-electron chi connectivity index (χ0n) is 12.0. The number of hydrogen-bond acceptors (Lipinski definition) is 3. The number of hydrogen-bond donors (Lipinski definition) is 2. The molecule has 4 nitrogen and oxygen atoms in total. The summed E-state index contributed by atoms with van der Waals surface area (Å²) < 4.78 is 4.39. The van der Waals surface area contributed by atoms with Crippen LogP contribution in [0.2, 0.25) is 0 Å². The molecule has 19 heavy (non-hydrogen) atoms. The molecule has 1 aliphatic rings. The Hall–Kier alpha value is -2.06. The largest absolute Gasteiger partial charge is 0.443 e. The maximum atomic E-state index is 4.43. The zero-order valence-corrected chi connectivity index (χ0v) is 12.0. The number of nitrogens with one attached hydrogen (secondary N) is 2. The summed E-state index contributed by atoms with van der Waals surface area (Å²) in [5.74, 6) is 0.792. The lowest BCUT2D eigenvalue weighted by atomic mass is 10.1. The summed E-state index contributed by atoms with van der Waals surface area (Å²) >= 11 is 0. The molecule has 1 aromatic heterocycles. The van der Waals surface area contributed by atoms with Crippen LogP contribution in [0.1, 0.15) is 44.5 Å². The Morgan fingerprint density at radius 1 is 1.42 bits per heavy atom. The highest BCUT2D eigenvalue weighted by Gasteiger charge is 2.21. The van der Waals surface area contributed by atoms with E-state index >= 15 is 0 Å². The van der Waals surface area contributed by atoms with E-state index in [0.717, 1.165) is 18.1 Å². The number of aromatic nitrogens is 1. The number of aryl methyl sites for hydroxylation is 1. The minimum absolute atomic E-state index is 0.123. The van der Waals surface area contributed by atoms with Gasteiger partial charge in [-0.3, -0.25) is 10.3 Å². The molecule has 1 aliphatic heterocycles. The van der Waals surface area contributed by atoms with E-state index in [0.29, 0.717) is 0 Å². The molecule has 100 valence electrons. The molecular weight excluding hydrogens is 236 g/mol. The first kappa shape index (κ1) is 13.4. The molecule has 0 bridgehead atoms. The minimum atomic E-state index is 0.123. The SMILES string of the molecule is CCC1=C(C)C=[N+]=C(N[C@@H](C)c2ncccc2C)N1. The van der Waals surface area contributed by atoms with Crippen molar-refractivity contribution in [2.24, 2.45) is 0 Å². The molecule has 0 aliphatic carbocycles. The lowest BCUT2D eigenvalue weighted by Crippen LogP contribution is -2.42. The van der Waals surface area contributed by atoms with E-state index in [1.54, 1.807) is 0 Å². The van der Waals surface area contributed by atoms with Crippen molar-refractivity contribution in [3.8, 4) is 0 Å². The second-order valence-corrected chi connectivity index (χ2v) is 4.82. The molecule has 0 saturated heterocycles. The van der Waals surface area contributed by atoms with Crippen molar-refractivity contribution >= 4 is 12.2 Å². The van der Waals surface area contributed by atoms with Gasteiger partial charge in [-0.2, -0.15) is 0 Å². The Morgan fingerprint density at radius 3 is 2.89 bits per heavy atom. The van der Waals surface area contributed by atoms with Gasteiger partial charge in [0.05, 0.1) is 11.4 Å². The Kier molecular flexibility index (Phi) is 4.03. The van der Waals surface area contributed by atoms with E-state index in [9.17, 15) is 0 Å². The van der Waals surface area contributed by atoms with Crippen molar-refractivity contribution in [2.75, 3.05) is 0 Å². The van der Waals surface area contributed by atoms with Crippen molar-refractivity contribution in [3.63, 3.8) is 0 Å². The average molecular weight is 257 g/mol. The number of nitrogens with zero attached hydrogens (tertiary/aromatic N) is 2. The van der Waals surface area contributed by atoms with Crippen LogP contribution in [-0.4, -0.2) is 17.2 Å². The van der Waals surface area contributed by atoms with Crippen LogP contribution in [0.15, 0.2) is 29.6 Å². The highest BCUT2D eigenvalue weighted by Crippen LogP contribution is 2.13. The molecule has 2 N–H and O–H groups in total. The number of pyridine rings is 1. The summed E-state index contributed by atoms with van der Waals surface area (Å²) in [4.78, 5) is 4.43. The van der Waals surface area contributed by atoms with Gasteiger partial charge in [0.1, 0.15) is 6.04 Å². The predicted molar refractivity (Wildman–Crippen MR) is 79.9 cm³/mol. The fourth-order valence-electron chi connectivity index (χ4n) is 2.18. The third-order valence-electron chi connectivity index (χ3n) is 3.30. The summed E-state index contributed by atoms with van der Waals surface area (Å²) in [5.41, 5.74) is 4.64. The molecule has 0 aromatic carbocycles. The second-order valence-electron chi connectivity index (χ2n) is 4.82. The maximum absolute atomic E-state index is 4.43. The molecule has 1 aromatic rings. The van der Waals surface area contributed by atoms with Gasteiger partial charge in [0.2, 0.25) is 0 Å². The number of allylic oxidation sites excluding steroid dienone is 2. The summed E-state index contributed by atoms with van der Waals surface area (Å²) in [6, 6.07) is 4.15. The first-order valence-electron chi connectivity index (χ1n) is 6.67. The molecule has 4 heteroatoms. The number of rotatable bonds is 3. The average Bonchev–Trinajstić information content (AvgIpc) is 2.41. The Morgan fingerprint density at radius 2 is 2.21 bits per heavy atom. The molecule has 0 saturated carbocycles. The number of guanidine groups is 1. The van der Waals surface area contributed by atoms with E-state index in [-0.39, 0.29) is 6.04 Å². The van der Waals surface area contributed by atoms with Crippen LogP contribution < -0.4 is 15.3 Å². The molecule has 0 unspecified atom stereocenters. The highest BCUT2D eigenvalue weighted by molar-refractivity contribution is 5.92. The maximum Gasteiger partial charge on any atom is 0.443 e. The van der Waals surface area contributed by atoms with Gasteiger partial charge < -0.3 is 0 Å². The lowest BCUT2D eigenvalue weighted by molar-refractivity contribution is 0.668. The molecule has 0 fully saturated rings. The van der Waals surface area contributed by atoms with Crippen molar-refractivity contribution in [2.45, 2.75) is 40.2 Å². The molecular formula is C15H21N4+. The van der Waals surface area contributed by atoms with Gasteiger partial charge in [-0.15, -0.1) is 0 Å². The van der Waals surface area contributed by atoms with Gasteiger partial charge in [0, 0.05) is 11.8 Å². The van der Waals surface area contributed by atoms with Crippen LogP contribution in [0.5, 0.6) is 0 Å². The Bertz CT molecular complexity index is 565. The standard InChI is InChI=1S/C15H20N4/c1-5-13-11(3)9-17-15(19-13)18-12(4)14-10(2)7-6-8-16-14/h6-9,12H,5H2,1-4H3,(H,17,18,19)/p+1/t12-/m0/s1. The highest BCUT2D eigenvalue weighted by atomic mass is 15.2. The normalized spacial score (nSPS) is 15.9. The van der Waals surface area contributed by atoms with E-state index in [4.69, 9.17) is 0 Å². The molecule has 2 rings (SSSR count). The summed E-state index contributed by atoms with van der Waals surface area (Å²) in [5, 5.41) is 6.70. The van der Waals surface area contributed by atoms with Crippen molar-refractivity contribution in [1.29, 1.82) is 0 Å². The first-order valence-corrected chi connectivity index (χ1v) is 6.67. The van der Waals surface area contributed by atoms with Crippen molar-refractivity contribution in [1.82, 2.24) is 20.3 Å². The molecule has 0 amide bonds. The molecule has 0 radical (unpaired) electrons. The topological polar surface area (TPSA) is 51.1 Å². The Labute approximate surface area is 114 Å². The van der Waals surface area contributed by atoms with Gasteiger partial charge >= 0.3 is 5.96 Å². The zero-order chi connectivity index (χ0) is 13.8. The first-order chi connectivity index (χ1) is 9.11. The quantitative estimate of drug-likeness (QED) is 0.812. The van der Waals surface area contributed by atoms with E-state index < -0.39 is 0 Å². The van der Waals surface area contributed by atoms with Crippen LogP contribution >= 0.6 is 0 Å². The minimum Gasteiger partial charge on any atom is -0.257 e. The summed E-state index contributed by atoms with van der Waals surface area (Å²) in [6.07, 6.45) is 4.69. The van der Waals surface area contributed by atoms with Crippen LogP contribution in [0.4, 0.5) is 0 Å². The van der Waals surface area contributed by atoms with Gasteiger partial charge in [-0.1, -0.05) is 13.0 Å². The van der Waals surface area contributed by atoms with Gasteiger partial charge in [0.15, 0.2) is 6.21 Å². The summed E-state index contributed by atoms with van der Waals surface area (Å²) in [6.45, 7) is 8.37. The predicted octanol–water partition coefficient (Wildman–Crippen LogP) is 1.82. The van der Waals surface area contributed by atoms with Crippen LogP contribution in [0, 0.1) is 6.92 Å². The van der Waals surface area contributed by atoms with E-state index in [2.05, 4.69) is 54.0 Å². The molecule has 2 heterocycles. The van der Waals surface area contributed by atoms with Crippen molar-refractivity contribution in [3.05, 3.63) is 40.9 Å². The van der Waals surface area contributed by atoms with Crippen LogP contribution in [0.25, 0.3) is 0 Å². The third kappa shape index (κ3) is 3.04. The van der Waals surface area contributed by atoms with Gasteiger partial charge in [0.25, 0.3) is 0 Å². The molecule has 1 atom stereocenters. The van der Waals surface area contributed by atoms with Crippen LogP contribution in [0.3, 0.4) is 0 Å². The van der Waals surface area contributed by atoms with Crippen LogP contribution in [-0.2, 0) is 0 Å². The fourth-order valence-corrected chi connectivity index (χ4v) is 2.18. The fraction of sp³-hybridized carbons (Fsp3) is 0.400. The Balaban J connectivity index is 2.12. The summed E-state index contributed by atoms with van der Waals surface area (Å²) in [7, 11) is 0. The smallest absolute Gasteiger partial charge is 0.257 e. The van der Waals surface area contributed by atoms with Gasteiger partial charge in [-0.25, -0.2) is 9.98 Å². The monoisotopic (exact) mass is 257 g/mol. The van der Waals surface area contributed by atoms with Gasteiger partial charge in [-0.05, 0) is 38.8 Å². The van der Waals surface area contributed by atoms with E-state index in [1.165, 1.54) is 16.8 Å². The lowest BCUT2D eigenvalue weighted by Gasteiger charge is -2.14. The van der Waals surface area contributed by atoms with E-state index in [1.807, 2.05) is 18.5 Å².